The predicted molar refractivity (Wildman–Crippen MR) is 192 cm³/mol. The first-order chi connectivity index (χ1) is 24.4. The summed E-state index contributed by atoms with van der Waals surface area (Å²) in [6.07, 6.45) is 6.76. The Morgan fingerprint density at radius 1 is 1.04 bits per heavy atom. The Balaban J connectivity index is 1.42. The largest absolute Gasteiger partial charge is 0.466 e. The van der Waals surface area contributed by atoms with Crippen LogP contribution in [0.2, 0.25) is 0 Å². The van der Waals surface area contributed by atoms with Gasteiger partial charge in [0.25, 0.3) is 0 Å². The Labute approximate surface area is 296 Å². The van der Waals surface area contributed by atoms with Gasteiger partial charge < -0.3 is 24.3 Å². The fourth-order valence-electron chi connectivity index (χ4n) is 7.18. The number of amides is 1. The fourth-order valence-corrected chi connectivity index (χ4v) is 7.18. The third-order valence-electron chi connectivity index (χ3n) is 10.00. The van der Waals surface area contributed by atoms with Crippen LogP contribution in [0.15, 0.2) is 61.1 Å². The molecule has 9 nitrogen and oxygen atoms in total. The van der Waals surface area contributed by atoms with Crippen LogP contribution in [0, 0.1) is 17.0 Å². The maximum atomic E-state index is 15.7. The second kappa shape index (κ2) is 14.7. The number of aryl methyl sites for hydroxylation is 2. The lowest BCUT2D eigenvalue weighted by atomic mass is 9.73. The number of nitrogens with zero attached hydrogens (tertiary/aromatic N) is 3. The monoisotopic (exact) mass is 697 g/mol. The summed E-state index contributed by atoms with van der Waals surface area (Å²) in [7, 11) is 1.80. The summed E-state index contributed by atoms with van der Waals surface area (Å²) in [6.45, 7) is 9.13. The van der Waals surface area contributed by atoms with Crippen molar-refractivity contribution in [2.45, 2.75) is 78.1 Å². The zero-order valence-electron chi connectivity index (χ0n) is 29.9. The van der Waals surface area contributed by atoms with Gasteiger partial charge in [0.15, 0.2) is 11.6 Å². The van der Waals surface area contributed by atoms with Gasteiger partial charge in [0.2, 0.25) is 5.91 Å². The van der Waals surface area contributed by atoms with Crippen molar-refractivity contribution >= 4 is 22.9 Å². The van der Waals surface area contributed by atoms with Crippen LogP contribution in [0.25, 0.3) is 22.4 Å². The molecule has 6 rings (SSSR count). The van der Waals surface area contributed by atoms with E-state index in [0.717, 1.165) is 36.1 Å². The first-order valence-corrected chi connectivity index (χ1v) is 17.5. The Hall–Kier alpha value is -5.06. The van der Waals surface area contributed by atoms with Crippen LogP contribution in [0.1, 0.15) is 82.2 Å². The summed E-state index contributed by atoms with van der Waals surface area (Å²) in [5.41, 5.74) is 3.69. The highest BCUT2D eigenvalue weighted by Gasteiger charge is 2.33. The molecule has 11 heteroatoms. The molecule has 1 atom stereocenters. The van der Waals surface area contributed by atoms with Crippen molar-refractivity contribution in [3.63, 3.8) is 0 Å². The van der Waals surface area contributed by atoms with E-state index < -0.39 is 17.0 Å². The van der Waals surface area contributed by atoms with Crippen LogP contribution in [-0.2, 0) is 32.6 Å². The first kappa shape index (κ1) is 35.8. The number of carbonyl (C=O) groups is 2. The van der Waals surface area contributed by atoms with Crippen molar-refractivity contribution in [1.82, 2.24) is 24.8 Å². The minimum Gasteiger partial charge on any atom is -0.466 e. The molecule has 1 amide bonds. The van der Waals surface area contributed by atoms with Gasteiger partial charge >= 0.3 is 5.97 Å². The molecular weight excluding hydrogens is 652 g/mol. The van der Waals surface area contributed by atoms with Gasteiger partial charge in [-0.05, 0) is 74.3 Å². The molecule has 2 N–H and O–H groups in total. The number of hydrogen-bond acceptors (Lipinski definition) is 6. The zero-order chi connectivity index (χ0) is 36.3. The summed E-state index contributed by atoms with van der Waals surface area (Å²) in [5.74, 6) is -0.990. The fraction of sp³-hybridized carbons (Fsp3) is 0.400. The van der Waals surface area contributed by atoms with E-state index in [9.17, 15) is 9.59 Å². The quantitative estimate of drug-likeness (QED) is 0.178. The molecule has 1 aliphatic heterocycles. The highest BCUT2D eigenvalue weighted by molar-refractivity contribution is 5.83. The molecule has 2 aromatic heterocycles. The second-order valence-corrected chi connectivity index (χ2v) is 14.5. The summed E-state index contributed by atoms with van der Waals surface area (Å²) >= 11 is 0. The van der Waals surface area contributed by atoms with Crippen LogP contribution in [0.4, 0.5) is 8.78 Å². The Bertz CT molecular complexity index is 2050. The van der Waals surface area contributed by atoms with Gasteiger partial charge in [-0.1, -0.05) is 44.5 Å². The maximum Gasteiger partial charge on any atom is 0.306 e. The minimum atomic E-state index is -0.624. The van der Waals surface area contributed by atoms with Gasteiger partial charge in [0.1, 0.15) is 17.4 Å². The highest BCUT2D eigenvalue weighted by Crippen LogP contribution is 2.41. The molecule has 0 fully saturated rings. The Morgan fingerprint density at radius 2 is 1.86 bits per heavy atom. The summed E-state index contributed by atoms with van der Waals surface area (Å²) in [6, 6.07) is 13.7. The molecule has 1 unspecified atom stereocenters. The van der Waals surface area contributed by atoms with Crippen LogP contribution in [-0.4, -0.2) is 56.9 Å². The van der Waals surface area contributed by atoms with Crippen LogP contribution in [0.3, 0.4) is 0 Å². The number of aromatic nitrogens is 4. The summed E-state index contributed by atoms with van der Waals surface area (Å²) in [4.78, 5) is 42.8. The average molecular weight is 698 g/mol. The normalized spacial score (nSPS) is 18.3. The van der Waals surface area contributed by atoms with Gasteiger partial charge in [-0.25, -0.2) is 18.7 Å². The number of ether oxygens (including phenoxy) is 2. The molecule has 0 saturated carbocycles. The topological polar surface area (TPSA) is 113 Å². The third-order valence-corrected chi connectivity index (χ3v) is 10.00. The Kier molecular flexibility index (Phi) is 10.3. The van der Waals surface area contributed by atoms with E-state index in [-0.39, 0.29) is 53.6 Å². The number of carbonyl (C=O) groups excluding carboxylic acids is 2. The highest BCUT2D eigenvalue weighted by atomic mass is 19.1. The summed E-state index contributed by atoms with van der Waals surface area (Å²) < 4.78 is 42.5. The van der Waals surface area contributed by atoms with Crippen LogP contribution < -0.4 is 4.74 Å². The van der Waals surface area contributed by atoms with Crippen molar-refractivity contribution in [2.75, 3.05) is 20.2 Å². The minimum absolute atomic E-state index is 0.0589. The van der Waals surface area contributed by atoms with E-state index in [0.29, 0.717) is 42.0 Å². The number of halogens is 2. The van der Waals surface area contributed by atoms with E-state index >= 15 is 8.78 Å². The third kappa shape index (κ3) is 7.82. The second-order valence-electron chi connectivity index (χ2n) is 14.5. The number of H-pyrrole nitrogens is 2. The lowest BCUT2D eigenvalue weighted by Gasteiger charge is -2.34. The molecule has 51 heavy (non-hydrogen) atoms. The van der Waals surface area contributed by atoms with Gasteiger partial charge in [0.05, 0.1) is 29.5 Å². The number of hydrogen-bond donors (Lipinski definition) is 2. The van der Waals surface area contributed by atoms with Crippen LogP contribution >= 0.6 is 0 Å². The molecule has 5 aromatic rings. The van der Waals surface area contributed by atoms with Gasteiger partial charge in [-0.2, -0.15) is 0 Å². The van der Waals surface area contributed by atoms with Crippen molar-refractivity contribution in [2.24, 2.45) is 5.41 Å². The average Bonchev–Trinajstić information content (AvgIpc) is 3.78. The lowest BCUT2D eigenvalue weighted by Crippen LogP contribution is -2.36. The molecule has 0 aliphatic carbocycles. The van der Waals surface area contributed by atoms with Crippen LogP contribution in [0.5, 0.6) is 11.5 Å². The van der Waals surface area contributed by atoms with Crippen molar-refractivity contribution < 1.29 is 27.8 Å². The maximum absolute atomic E-state index is 15.7. The molecule has 268 valence electrons. The van der Waals surface area contributed by atoms with E-state index in [4.69, 9.17) is 9.47 Å². The zero-order valence-corrected chi connectivity index (χ0v) is 29.9. The molecule has 4 bridgehead atoms. The first-order valence-electron chi connectivity index (χ1n) is 17.5. The smallest absolute Gasteiger partial charge is 0.306 e. The number of imidazole rings is 2. The number of aromatic amines is 2. The van der Waals surface area contributed by atoms with Crippen molar-refractivity contribution in [3.05, 3.63) is 95.1 Å². The number of rotatable bonds is 5. The van der Waals surface area contributed by atoms with E-state index in [2.05, 4.69) is 52.8 Å². The molecular formula is C40H45F2N5O4. The number of fused-ring (bicyclic) bond motifs is 8. The Morgan fingerprint density at radius 3 is 2.67 bits per heavy atom. The molecule has 0 saturated heterocycles. The number of benzene rings is 3. The molecule has 0 radical (unpaired) electrons. The van der Waals surface area contributed by atoms with E-state index in [1.165, 1.54) is 30.6 Å². The van der Waals surface area contributed by atoms with Gasteiger partial charge in [0, 0.05) is 55.4 Å². The standard InChI is InChI=1S/C40H45F2N5O4/c1-6-50-35(49)16-11-25-9-7-10-26(19-25)40(4)18-8-17-39(2,3)23-47(5)34(48)15-13-28-36-32(44-24-45-36)21-31(42)37(28)51-27-12-14-30(41)29(20-27)38-43-22-33(40)46-38/h7,9-10,12,14,19-22,24H,6,8,11,13,15-18,23H2,1-5H3,(H,43,46)(H,44,45). The number of esters is 1. The summed E-state index contributed by atoms with van der Waals surface area (Å²) in [5, 5.41) is 0. The van der Waals surface area contributed by atoms with Gasteiger partial charge in [-0.15, -0.1) is 0 Å². The molecule has 1 aliphatic rings. The van der Waals surface area contributed by atoms with Gasteiger partial charge in [-0.3, -0.25) is 9.59 Å². The van der Waals surface area contributed by atoms with Crippen molar-refractivity contribution in [1.29, 1.82) is 0 Å². The lowest BCUT2D eigenvalue weighted by molar-refractivity contribution is -0.143. The predicted octanol–water partition coefficient (Wildman–Crippen LogP) is 8.43. The van der Waals surface area contributed by atoms with E-state index in [1.54, 1.807) is 25.1 Å². The van der Waals surface area contributed by atoms with E-state index in [1.807, 2.05) is 12.1 Å². The molecule has 0 spiro atoms. The SMILES string of the molecule is CCOC(=O)CCc1cccc(C2(C)CCCC(C)(C)CN(C)C(=O)CCc3c(c(F)cc4[nH]cnc34)Oc3ccc(F)c(c3)-c3ncc2[nH]3)c1. The molecule has 3 heterocycles. The van der Waals surface area contributed by atoms with Crippen molar-refractivity contribution in [3.8, 4) is 22.9 Å². The molecule has 3 aromatic carbocycles. The number of nitrogens with one attached hydrogen (secondary N) is 2.